The second kappa shape index (κ2) is 9.74. The van der Waals surface area contributed by atoms with Gasteiger partial charge in [-0.2, -0.15) is 18.3 Å². The van der Waals surface area contributed by atoms with Crippen molar-refractivity contribution in [1.29, 1.82) is 0 Å². The van der Waals surface area contributed by atoms with E-state index in [2.05, 4.69) is 10.4 Å². The SMILES string of the molecule is Cc1cc(C)cc(OCc2ccc(C(=O)NCCCn3nc(C(F)(F)F)c(Cl)c3C3CC3)o2)c1. The number of ether oxygens (including phenoxy) is 1. The number of carbonyl (C=O) groups excluding carboxylic acids is 1. The molecule has 2 heterocycles. The Balaban J connectivity index is 1.28. The lowest BCUT2D eigenvalue weighted by Gasteiger charge is -2.08. The number of hydrogen-bond acceptors (Lipinski definition) is 4. The number of furan rings is 1. The molecule has 2 aromatic heterocycles. The molecule has 1 saturated carbocycles. The van der Waals surface area contributed by atoms with Crippen molar-refractivity contribution in [2.75, 3.05) is 6.54 Å². The maximum atomic E-state index is 13.2. The highest BCUT2D eigenvalue weighted by atomic mass is 35.5. The van der Waals surface area contributed by atoms with Crippen molar-refractivity contribution in [3.05, 3.63) is 69.4 Å². The van der Waals surface area contributed by atoms with Crippen LogP contribution < -0.4 is 10.1 Å². The molecule has 0 unspecified atom stereocenters. The van der Waals surface area contributed by atoms with Crippen molar-refractivity contribution in [2.24, 2.45) is 0 Å². The molecule has 1 aromatic carbocycles. The Bertz CT molecular complexity index is 1160. The zero-order valence-corrected chi connectivity index (χ0v) is 19.6. The first-order valence-electron chi connectivity index (χ1n) is 11.0. The van der Waals surface area contributed by atoms with Gasteiger partial charge in [0, 0.05) is 19.0 Å². The number of benzene rings is 1. The van der Waals surface area contributed by atoms with Gasteiger partial charge in [-0.05, 0) is 68.5 Å². The minimum Gasteiger partial charge on any atom is -0.486 e. The van der Waals surface area contributed by atoms with Crippen LogP contribution in [0.5, 0.6) is 5.75 Å². The monoisotopic (exact) mass is 495 g/mol. The van der Waals surface area contributed by atoms with E-state index in [9.17, 15) is 18.0 Å². The molecule has 1 aliphatic rings. The summed E-state index contributed by atoms with van der Waals surface area (Å²) in [6.07, 6.45) is -2.61. The van der Waals surface area contributed by atoms with E-state index in [1.807, 2.05) is 32.0 Å². The number of aromatic nitrogens is 2. The predicted molar refractivity (Wildman–Crippen MR) is 120 cm³/mol. The number of hydrogen-bond donors (Lipinski definition) is 1. The van der Waals surface area contributed by atoms with Gasteiger partial charge in [0.05, 0.1) is 10.7 Å². The van der Waals surface area contributed by atoms with Gasteiger partial charge in [-0.1, -0.05) is 17.7 Å². The fraction of sp³-hybridized carbons (Fsp3) is 0.417. The number of aryl methyl sites for hydroxylation is 3. The van der Waals surface area contributed by atoms with E-state index in [-0.39, 0.29) is 36.4 Å². The maximum absolute atomic E-state index is 13.2. The Labute approximate surface area is 200 Å². The lowest BCUT2D eigenvalue weighted by molar-refractivity contribution is -0.141. The van der Waals surface area contributed by atoms with Crippen LogP contribution in [-0.4, -0.2) is 22.2 Å². The van der Waals surface area contributed by atoms with E-state index in [0.717, 1.165) is 29.7 Å². The van der Waals surface area contributed by atoms with Gasteiger partial charge in [-0.3, -0.25) is 9.48 Å². The van der Waals surface area contributed by atoms with E-state index in [1.165, 1.54) is 4.68 Å². The van der Waals surface area contributed by atoms with Gasteiger partial charge in [0.25, 0.3) is 5.91 Å². The van der Waals surface area contributed by atoms with Gasteiger partial charge in [0.2, 0.25) is 0 Å². The van der Waals surface area contributed by atoms with Crippen LogP contribution in [0.2, 0.25) is 5.02 Å². The van der Waals surface area contributed by atoms with E-state index < -0.39 is 17.8 Å². The summed E-state index contributed by atoms with van der Waals surface area (Å²) in [5.41, 5.74) is 1.56. The molecular weight excluding hydrogens is 471 g/mol. The molecule has 1 amide bonds. The van der Waals surface area contributed by atoms with Crippen LogP contribution in [0.3, 0.4) is 0 Å². The summed E-state index contributed by atoms with van der Waals surface area (Å²) in [5, 5.41) is 6.09. The van der Waals surface area contributed by atoms with Gasteiger partial charge >= 0.3 is 6.18 Å². The van der Waals surface area contributed by atoms with Crippen molar-refractivity contribution in [3.63, 3.8) is 0 Å². The van der Waals surface area contributed by atoms with Crippen molar-refractivity contribution >= 4 is 17.5 Å². The summed E-state index contributed by atoms with van der Waals surface area (Å²) in [7, 11) is 0. The largest absolute Gasteiger partial charge is 0.486 e. The van der Waals surface area contributed by atoms with E-state index >= 15 is 0 Å². The molecule has 34 heavy (non-hydrogen) atoms. The quantitative estimate of drug-likeness (QED) is 0.367. The summed E-state index contributed by atoms with van der Waals surface area (Å²) in [5.74, 6) is 0.967. The zero-order valence-electron chi connectivity index (χ0n) is 18.8. The summed E-state index contributed by atoms with van der Waals surface area (Å²) in [4.78, 5) is 12.4. The number of carbonyl (C=O) groups is 1. The highest BCUT2D eigenvalue weighted by molar-refractivity contribution is 6.32. The molecule has 1 aliphatic carbocycles. The van der Waals surface area contributed by atoms with Crippen LogP contribution in [-0.2, 0) is 19.3 Å². The average molecular weight is 496 g/mol. The average Bonchev–Trinajstić information content (AvgIpc) is 3.35. The molecule has 0 atom stereocenters. The molecule has 1 fully saturated rings. The molecule has 0 spiro atoms. The topological polar surface area (TPSA) is 69.3 Å². The molecular formula is C24H25ClF3N3O3. The van der Waals surface area contributed by atoms with Crippen LogP contribution >= 0.6 is 11.6 Å². The third kappa shape index (κ3) is 5.75. The Morgan fingerprint density at radius 2 is 1.94 bits per heavy atom. The number of halogens is 4. The number of alkyl halides is 3. The Kier molecular flexibility index (Phi) is 6.93. The predicted octanol–water partition coefficient (Wildman–Crippen LogP) is 6.04. The first kappa shape index (κ1) is 24.2. The lowest BCUT2D eigenvalue weighted by atomic mass is 10.1. The minimum absolute atomic E-state index is 0.0122. The van der Waals surface area contributed by atoms with E-state index in [4.69, 9.17) is 20.8 Å². The van der Waals surface area contributed by atoms with Crippen molar-refractivity contribution in [2.45, 2.75) is 58.4 Å². The van der Waals surface area contributed by atoms with Crippen LogP contribution in [0, 0.1) is 13.8 Å². The standard InChI is InChI=1S/C24H25ClF3N3O3/c1-14-10-15(2)12-18(11-14)33-13-17-6-7-19(34-17)23(32)29-8-3-9-31-21(16-4-5-16)20(25)22(30-31)24(26,27)28/h6-7,10-12,16H,3-5,8-9,13H2,1-2H3,(H,29,32). The molecule has 182 valence electrons. The molecule has 3 aromatic rings. The Morgan fingerprint density at radius 3 is 2.59 bits per heavy atom. The van der Waals surface area contributed by atoms with Crippen LogP contribution in [0.1, 0.15) is 64.0 Å². The second-order valence-electron chi connectivity index (χ2n) is 8.53. The highest BCUT2D eigenvalue weighted by Crippen LogP contribution is 2.46. The molecule has 0 radical (unpaired) electrons. The second-order valence-corrected chi connectivity index (χ2v) is 8.91. The van der Waals surface area contributed by atoms with Crippen molar-refractivity contribution < 1.29 is 27.1 Å². The molecule has 4 rings (SSSR count). The van der Waals surface area contributed by atoms with E-state index in [0.29, 0.717) is 17.9 Å². The van der Waals surface area contributed by atoms with Crippen molar-refractivity contribution in [1.82, 2.24) is 15.1 Å². The van der Waals surface area contributed by atoms with Gasteiger partial charge < -0.3 is 14.5 Å². The van der Waals surface area contributed by atoms with Gasteiger partial charge in [0.1, 0.15) is 18.1 Å². The maximum Gasteiger partial charge on any atom is 0.436 e. The van der Waals surface area contributed by atoms with Gasteiger partial charge in [-0.25, -0.2) is 0 Å². The summed E-state index contributed by atoms with van der Waals surface area (Å²) in [6.45, 7) is 4.62. The van der Waals surface area contributed by atoms with E-state index in [1.54, 1.807) is 12.1 Å². The summed E-state index contributed by atoms with van der Waals surface area (Å²) in [6, 6.07) is 9.12. The molecule has 10 heteroatoms. The van der Waals surface area contributed by atoms with Gasteiger partial charge in [-0.15, -0.1) is 0 Å². The fourth-order valence-electron chi connectivity index (χ4n) is 3.82. The highest BCUT2D eigenvalue weighted by Gasteiger charge is 2.41. The molecule has 1 N–H and O–H groups in total. The van der Waals surface area contributed by atoms with Gasteiger partial charge in [0.15, 0.2) is 11.5 Å². The number of rotatable bonds is 9. The van der Waals surface area contributed by atoms with Crippen LogP contribution in [0.15, 0.2) is 34.7 Å². The minimum atomic E-state index is -4.60. The fourth-order valence-corrected chi connectivity index (χ4v) is 4.21. The Hall–Kier alpha value is -2.94. The number of amides is 1. The third-order valence-corrected chi connectivity index (χ3v) is 5.83. The summed E-state index contributed by atoms with van der Waals surface area (Å²) < 4.78 is 52.1. The van der Waals surface area contributed by atoms with Crippen molar-refractivity contribution in [3.8, 4) is 5.75 Å². The first-order chi connectivity index (χ1) is 16.1. The molecule has 0 aliphatic heterocycles. The van der Waals surface area contributed by atoms with Crippen LogP contribution in [0.4, 0.5) is 13.2 Å². The molecule has 6 nitrogen and oxygen atoms in total. The third-order valence-electron chi connectivity index (χ3n) is 5.46. The first-order valence-corrected chi connectivity index (χ1v) is 11.4. The number of nitrogens with one attached hydrogen (secondary N) is 1. The molecule has 0 saturated heterocycles. The molecule has 0 bridgehead atoms. The number of nitrogens with zero attached hydrogens (tertiary/aromatic N) is 2. The lowest BCUT2D eigenvalue weighted by Crippen LogP contribution is -2.25. The zero-order chi connectivity index (χ0) is 24.5. The smallest absolute Gasteiger partial charge is 0.436 e. The Morgan fingerprint density at radius 1 is 1.24 bits per heavy atom. The normalized spacial score (nSPS) is 13.8. The summed E-state index contributed by atoms with van der Waals surface area (Å²) >= 11 is 5.98. The van der Waals surface area contributed by atoms with Crippen LogP contribution in [0.25, 0.3) is 0 Å².